The summed E-state index contributed by atoms with van der Waals surface area (Å²) < 4.78 is 30.9. The van der Waals surface area contributed by atoms with Crippen LogP contribution in [0.5, 0.6) is 5.75 Å². The Morgan fingerprint density at radius 2 is 1.61 bits per heavy atom. The zero-order chi connectivity index (χ0) is 16.6. The minimum atomic E-state index is -3.96. The van der Waals surface area contributed by atoms with Gasteiger partial charge in [0.05, 0.1) is 5.52 Å². The number of fused-ring (bicyclic) bond motifs is 1. The first-order valence-corrected chi connectivity index (χ1v) is 8.65. The summed E-state index contributed by atoms with van der Waals surface area (Å²) in [6, 6.07) is 12.4. The number of pyridine rings is 1. The molecule has 3 rings (SSSR count). The summed E-state index contributed by atoms with van der Waals surface area (Å²) in [4.78, 5) is 4.27. The van der Waals surface area contributed by atoms with Gasteiger partial charge in [0.2, 0.25) is 0 Å². The van der Waals surface area contributed by atoms with Crippen LogP contribution in [0.3, 0.4) is 0 Å². The molecule has 2 aromatic carbocycles. The van der Waals surface area contributed by atoms with E-state index in [0.717, 1.165) is 22.1 Å². The molecule has 5 heteroatoms. The normalized spacial score (nSPS) is 11.6. The Morgan fingerprint density at radius 3 is 2.30 bits per heavy atom. The zero-order valence-electron chi connectivity index (χ0n) is 13.2. The largest absolute Gasteiger partial charge is 0.378 e. The third kappa shape index (κ3) is 2.92. The minimum Gasteiger partial charge on any atom is -0.378 e. The van der Waals surface area contributed by atoms with E-state index in [4.69, 9.17) is 4.18 Å². The van der Waals surface area contributed by atoms with Crippen LogP contribution in [0, 0.1) is 20.8 Å². The first-order chi connectivity index (χ1) is 10.9. The van der Waals surface area contributed by atoms with Crippen molar-refractivity contribution in [2.24, 2.45) is 0 Å². The second-order valence-corrected chi connectivity index (χ2v) is 7.11. The van der Waals surface area contributed by atoms with E-state index in [0.29, 0.717) is 11.3 Å². The predicted octanol–water partition coefficient (Wildman–Crippen LogP) is 3.93. The van der Waals surface area contributed by atoms with Crippen LogP contribution in [0.2, 0.25) is 0 Å². The molecule has 23 heavy (non-hydrogen) atoms. The van der Waals surface area contributed by atoms with Crippen molar-refractivity contribution >= 4 is 21.0 Å². The van der Waals surface area contributed by atoms with E-state index in [-0.39, 0.29) is 4.90 Å². The van der Waals surface area contributed by atoms with Gasteiger partial charge in [-0.1, -0.05) is 35.9 Å². The van der Waals surface area contributed by atoms with Gasteiger partial charge in [0.15, 0.2) is 0 Å². The van der Waals surface area contributed by atoms with Crippen molar-refractivity contribution in [3.8, 4) is 5.75 Å². The van der Waals surface area contributed by atoms with E-state index in [1.807, 2.05) is 45.0 Å². The SMILES string of the molecule is Cc1cc(C)c(OS(=O)(=O)c2cccc3cccnc23)c(C)c1. The lowest BCUT2D eigenvalue weighted by Crippen LogP contribution is -2.12. The van der Waals surface area contributed by atoms with Gasteiger partial charge in [-0.2, -0.15) is 8.42 Å². The number of hydrogen-bond acceptors (Lipinski definition) is 4. The fraction of sp³-hybridized carbons (Fsp3) is 0.167. The first-order valence-electron chi connectivity index (χ1n) is 7.24. The Bertz CT molecular complexity index is 966. The van der Waals surface area contributed by atoms with E-state index in [9.17, 15) is 8.42 Å². The molecule has 0 amide bonds. The van der Waals surface area contributed by atoms with Crippen molar-refractivity contribution < 1.29 is 12.6 Å². The van der Waals surface area contributed by atoms with Gasteiger partial charge in [0.25, 0.3) is 0 Å². The molecule has 0 saturated carbocycles. The second-order valence-electron chi connectivity index (χ2n) is 5.60. The molecule has 0 aliphatic carbocycles. The lowest BCUT2D eigenvalue weighted by atomic mass is 10.1. The number of benzene rings is 2. The molecule has 3 aromatic rings. The van der Waals surface area contributed by atoms with Gasteiger partial charge < -0.3 is 4.18 Å². The third-order valence-electron chi connectivity index (χ3n) is 3.66. The predicted molar refractivity (Wildman–Crippen MR) is 90.2 cm³/mol. The Morgan fingerprint density at radius 1 is 0.957 bits per heavy atom. The minimum absolute atomic E-state index is 0.0787. The summed E-state index contributed by atoms with van der Waals surface area (Å²) in [5, 5.41) is 0.759. The Kier molecular flexibility index (Phi) is 3.82. The summed E-state index contributed by atoms with van der Waals surface area (Å²) in [7, 11) is -3.96. The van der Waals surface area contributed by atoms with Crippen LogP contribution in [0.15, 0.2) is 53.6 Å². The van der Waals surface area contributed by atoms with E-state index in [1.54, 1.807) is 18.3 Å². The average Bonchev–Trinajstić information content (AvgIpc) is 2.50. The van der Waals surface area contributed by atoms with Crippen LogP contribution in [0.25, 0.3) is 10.9 Å². The van der Waals surface area contributed by atoms with Crippen LogP contribution < -0.4 is 4.18 Å². The number of aryl methyl sites for hydroxylation is 3. The van der Waals surface area contributed by atoms with Crippen LogP contribution in [0.4, 0.5) is 0 Å². The molecule has 1 heterocycles. The average molecular weight is 327 g/mol. The van der Waals surface area contributed by atoms with Gasteiger partial charge in [0.1, 0.15) is 10.6 Å². The van der Waals surface area contributed by atoms with E-state index < -0.39 is 10.1 Å². The molecule has 0 fully saturated rings. The van der Waals surface area contributed by atoms with E-state index >= 15 is 0 Å². The van der Waals surface area contributed by atoms with E-state index in [1.165, 1.54) is 6.07 Å². The van der Waals surface area contributed by atoms with Crippen molar-refractivity contribution in [3.05, 3.63) is 65.4 Å². The van der Waals surface area contributed by atoms with Gasteiger partial charge >= 0.3 is 10.1 Å². The molecule has 0 N–H and O–H groups in total. The van der Waals surface area contributed by atoms with Crippen LogP contribution in [-0.4, -0.2) is 13.4 Å². The second kappa shape index (κ2) is 5.66. The lowest BCUT2D eigenvalue weighted by Gasteiger charge is -2.13. The molecule has 118 valence electrons. The van der Waals surface area contributed by atoms with Gasteiger partial charge in [-0.05, 0) is 44.0 Å². The van der Waals surface area contributed by atoms with Crippen LogP contribution >= 0.6 is 0 Å². The highest BCUT2D eigenvalue weighted by Gasteiger charge is 2.22. The summed E-state index contributed by atoms with van der Waals surface area (Å²) >= 11 is 0. The molecule has 0 bridgehead atoms. The molecule has 0 saturated heterocycles. The molecule has 0 atom stereocenters. The first kappa shape index (κ1) is 15.5. The van der Waals surface area contributed by atoms with Crippen molar-refractivity contribution in [2.45, 2.75) is 25.7 Å². The molecule has 0 radical (unpaired) electrons. The maximum atomic E-state index is 12.7. The molecular weight excluding hydrogens is 310 g/mol. The number of aromatic nitrogens is 1. The number of nitrogens with zero attached hydrogens (tertiary/aromatic N) is 1. The molecule has 0 aliphatic rings. The van der Waals surface area contributed by atoms with Crippen molar-refractivity contribution in [2.75, 3.05) is 0 Å². The summed E-state index contributed by atoms with van der Waals surface area (Å²) in [5.74, 6) is 0.378. The fourth-order valence-corrected chi connectivity index (χ4v) is 3.96. The van der Waals surface area contributed by atoms with Crippen LogP contribution in [-0.2, 0) is 10.1 Å². The van der Waals surface area contributed by atoms with Crippen LogP contribution in [0.1, 0.15) is 16.7 Å². The highest BCUT2D eigenvalue weighted by Crippen LogP contribution is 2.29. The molecular formula is C18H17NO3S. The number of para-hydroxylation sites is 1. The quantitative estimate of drug-likeness (QED) is 0.684. The molecule has 0 aliphatic heterocycles. The Balaban J connectivity index is 2.12. The topological polar surface area (TPSA) is 56.3 Å². The molecule has 0 spiro atoms. The highest BCUT2D eigenvalue weighted by atomic mass is 32.2. The maximum Gasteiger partial charge on any atom is 0.341 e. The third-order valence-corrected chi connectivity index (χ3v) is 4.92. The fourth-order valence-electron chi connectivity index (χ4n) is 2.73. The molecule has 1 aromatic heterocycles. The summed E-state index contributed by atoms with van der Waals surface area (Å²) in [6.07, 6.45) is 1.57. The van der Waals surface area contributed by atoms with Gasteiger partial charge in [-0.15, -0.1) is 0 Å². The standard InChI is InChI=1S/C18H17NO3S/c1-12-10-13(2)18(14(3)11-12)22-23(20,21)16-8-4-6-15-7-5-9-19-17(15)16/h4-11H,1-3H3. The zero-order valence-corrected chi connectivity index (χ0v) is 14.0. The number of rotatable bonds is 3. The van der Waals surface area contributed by atoms with E-state index in [2.05, 4.69) is 4.98 Å². The van der Waals surface area contributed by atoms with Crippen molar-refractivity contribution in [1.82, 2.24) is 4.98 Å². The monoisotopic (exact) mass is 327 g/mol. The van der Waals surface area contributed by atoms with Gasteiger partial charge in [-0.3, -0.25) is 4.98 Å². The summed E-state index contributed by atoms with van der Waals surface area (Å²) in [5.41, 5.74) is 3.06. The molecule has 4 nitrogen and oxygen atoms in total. The van der Waals surface area contributed by atoms with Gasteiger partial charge in [0, 0.05) is 11.6 Å². The lowest BCUT2D eigenvalue weighted by molar-refractivity contribution is 0.483. The Hall–Kier alpha value is -2.40. The Labute approximate surface area is 135 Å². The van der Waals surface area contributed by atoms with Crippen molar-refractivity contribution in [3.63, 3.8) is 0 Å². The smallest absolute Gasteiger partial charge is 0.341 e. The summed E-state index contributed by atoms with van der Waals surface area (Å²) in [6.45, 7) is 5.64. The maximum absolute atomic E-state index is 12.7. The highest BCUT2D eigenvalue weighted by molar-refractivity contribution is 7.87. The number of hydrogen-bond donors (Lipinski definition) is 0. The molecule has 0 unspecified atom stereocenters. The van der Waals surface area contributed by atoms with Gasteiger partial charge in [-0.25, -0.2) is 0 Å². The van der Waals surface area contributed by atoms with Crippen molar-refractivity contribution in [1.29, 1.82) is 0 Å².